The summed E-state index contributed by atoms with van der Waals surface area (Å²) in [7, 11) is 0. The molecule has 0 aromatic rings. The minimum absolute atomic E-state index is 0.0648. The first-order chi connectivity index (χ1) is 6.89. The van der Waals surface area contributed by atoms with Crippen LogP contribution < -0.4 is 5.11 Å². The van der Waals surface area contributed by atoms with E-state index in [0.717, 1.165) is 0 Å². The van der Waals surface area contributed by atoms with Crippen molar-refractivity contribution in [2.45, 2.75) is 34.6 Å². The van der Waals surface area contributed by atoms with Crippen molar-refractivity contribution in [3.8, 4) is 0 Å². The Bertz CT molecular complexity index is 166. The normalized spacial score (nSPS) is 10.2. The molecule has 0 heterocycles. The molecule has 0 aliphatic rings. The third-order valence-electron chi connectivity index (χ3n) is 3.03. The Balaban J connectivity index is 0. The Kier molecular flexibility index (Phi) is 9.38. The van der Waals surface area contributed by atoms with Crippen LogP contribution in [0.4, 0.5) is 0 Å². The van der Waals surface area contributed by atoms with Crippen molar-refractivity contribution < 1.29 is 14.4 Å². The summed E-state index contributed by atoms with van der Waals surface area (Å²) in [5.74, 6) is -1.19. The molecule has 0 spiro atoms. The Hall–Kier alpha value is -0.830. The maximum atomic E-state index is 9.49. The van der Waals surface area contributed by atoms with Gasteiger partial charge in [-0.2, -0.15) is 0 Å². The molecule has 0 amide bonds. The molecule has 0 aliphatic heterocycles. The predicted octanol–water partition coefficient (Wildman–Crippen LogP) is 1.20. The summed E-state index contributed by atoms with van der Waals surface area (Å²) in [4.78, 5) is 9.49. The number of rotatable bonds is 5. The molecule has 0 radical (unpaired) electrons. The van der Waals surface area contributed by atoms with Crippen molar-refractivity contribution in [3.63, 3.8) is 0 Å². The van der Waals surface area contributed by atoms with Gasteiger partial charge < -0.3 is 14.4 Å². The fourth-order valence-corrected chi connectivity index (χ4v) is 1.34. The van der Waals surface area contributed by atoms with Gasteiger partial charge >= 0.3 is 0 Å². The van der Waals surface area contributed by atoms with E-state index < -0.39 is 5.97 Å². The van der Waals surface area contributed by atoms with Crippen LogP contribution in [-0.2, 0) is 4.79 Å². The second-order valence-electron chi connectivity index (χ2n) is 3.67. The second kappa shape index (κ2) is 8.48. The van der Waals surface area contributed by atoms with Gasteiger partial charge in [-0.05, 0) is 40.2 Å². The summed E-state index contributed by atoms with van der Waals surface area (Å²) in [6.07, 6.45) is 0. The zero-order valence-electron chi connectivity index (χ0n) is 10.8. The maximum Gasteiger partial charge on any atom is 0.0757 e. The lowest BCUT2D eigenvalue weighted by molar-refractivity contribution is -0.921. The number of carboxylic acid groups (broad SMARTS) is 1. The summed E-state index contributed by atoms with van der Waals surface area (Å²) < 4.78 is 1.28. The molecule has 3 heteroatoms. The lowest BCUT2D eigenvalue weighted by atomic mass is 10.3. The molecule has 0 saturated heterocycles. The van der Waals surface area contributed by atoms with Gasteiger partial charge in [0.2, 0.25) is 0 Å². The Labute approximate surface area is 94.0 Å². The number of carbonyl (C=O) groups excluding carboxylic acids is 1. The molecule has 15 heavy (non-hydrogen) atoms. The largest absolute Gasteiger partial charge is 0.545 e. The monoisotopic (exact) mass is 215 g/mol. The average Bonchev–Trinajstić information content (AvgIpc) is 2.23. The Morgan fingerprint density at radius 2 is 1.27 bits per heavy atom. The van der Waals surface area contributed by atoms with Crippen LogP contribution in [-0.4, -0.2) is 36.6 Å². The van der Waals surface area contributed by atoms with E-state index in [1.807, 2.05) is 0 Å². The number of aliphatic carboxylic acids is 1. The molecule has 0 aliphatic carbocycles. The van der Waals surface area contributed by atoms with Gasteiger partial charge in [0.05, 0.1) is 32.1 Å². The number of carbonyl (C=O) groups is 1. The van der Waals surface area contributed by atoms with Gasteiger partial charge in [-0.3, -0.25) is 0 Å². The van der Waals surface area contributed by atoms with Crippen LogP contribution in [0.15, 0.2) is 12.2 Å². The molecule has 0 saturated carbocycles. The van der Waals surface area contributed by atoms with Gasteiger partial charge in [0.1, 0.15) is 0 Å². The highest BCUT2D eigenvalue weighted by molar-refractivity contribution is 5.82. The quantitative estimate of drug-likeness (QED) is 0.510. The van der Waals surface area contributed by atoms with Gasteiger partial charge in [-0.1, -0.05) is 6.58 Å². The third-order valence-corrected chi connectivity index (χ3v) is 3.03. The summed E-state index contributed by atoms with van der Waals surface area (Å²) in [5.41, 5.74) is 0.0648. The highest BCUT2D eigenvalue weighted by atomic mass is 16.4. The predicted molar refractivity (Wildman–Crippen MR) is 62.2 cm³/mol. The summed E-state index contributed by atoms with van der Waals surface area (Å²) >= 11 is 0. The van der Waals surface area contributed by atoms with Crippen LogP contribution in [0, 0.1) is 0 Å². The number of hydrogen-bond acceptors (Lipinski definition) is 2. The molecule has 90 valence electrons. The molecule has 0 bridgehead atoms. The van der Waals surface area contributed by atoms with E-state index in [9.17, 15) is 9.90 Å². The molecule has 0 fully saturated rings. The van der Waals surface area contributed by atoms with Crippen LogP contribution in [0.5, 0.6) is 0 Å². The number of carboxylic acids is 1. The second-order valence-corrected chi connectivity index (χ2v) is 3.67. The molecule has 3 nitrogen and oxygen atoms in total. The first-order valence-corrected chi connectivity index (χ1v) is 5.61. The van der Waals surface area contributed by atoms with Crippen LogP contribution in [0.2, 0.25) is 0 Å². The maximum absolute atomic E-state index is 9.49. The van der Waals surface area contributed by atoms with Gasteiger partial charge in [-0.15, -0.1) is 0 Å². The van der Waals surface area contributed by atoms with E-state index in [1.54, 1.807) is 0 Å². The van der Waals surface area contributed by atoms with E-state index >= 15 is 0 Å². The van der Waals surface area contributed by atoms with Crippen molar-refractivity contribution >= 4 is 5.97 Å². The van der Waals surface area contributed by atoms with Gasteiger partial charge in [0.25, 0.3) is 0 Å². The first kappa shape index (κ1) is 16.6. The molecule has 0 aromatic heterocycles. The zero-order valence-corrected chi connectivity index (χ0v) is 10.8. The lowest BCUT2D eigenvalue weighted by Gasteiger charge is -2.34. The summed E-state index contributed by atoms with van der Waals surface area (Å²) in [6, 6.07) is 0. The molecule has 0 rings (SSSR count). The summed E-state index contributed by atoms with van der Waals surface area (Å²) in [6.45, 7) is 18.7. The highest BCUT2D eigenvalue weighted by Gasteiger charge is 2.16. The van der Waals surface area contributed by atoms with E-state index in [-0.39, 0.29) is 5.57 Å². The molecular formula is C12H25NO2. The number of hydrogen-bond donors (Lipinski definition) is 0. The van der Waals surface area contributed by atoms with Crippen LogP contribution in [0.25, 0.3) is 0 Å². The number of quaternary nitrogens is 1. The topological polar surface area (TPSA) is 40.1 Å². The first-order valence-electron chi connectivity index (χ1n) is 5.61. The minimum atomic E-state index is -1.19. The van der Waals surface area contributed by atoms with E-state index in [1.165, 1.54) is 37.6 Å². The van der Waals surface area contributed by atoms with E-state index in [0.29, 0.717) is 0 Å². The van der Waals surface area contributed by atoms with Gasteiger partial charge in [-0.25, -0.2) is 0 Å². The molecule has 0 N–H and O–H groups in total. The SMILES string of the molecule is C=C(C)C(=O)[O-].CC[N+](CC)(CC)CC. The average molecular weight is 215 g/mol. The Morgan fingerprint density at radius 1 is 1.07 bits per heavy atom. The molecule has 0 unspecified atom stereocenters. The zero-order chi connectivity index (χ0) is 12.5. The molecular weight excluding hydrogens is 190 g/mol. The van der Waals surface area contributed by atoms with Crippen molar-refractivity contribution in [2.75, 3.05) is 26.2 Å². The van der Waals surface area contributed by atoms with E-state index in [2.05, 4.69) is 34.3 Å². The van der Waals surface area contributed by atoms with Crippen LogP contribution in [0.1, 0.15) is 34.6 Å². The van der Waals surface area contributed by atoms with Gasteiger partial charge in [0.15, 0.2) is 0 Å². The van der Waals surface area contributed by atoms with Crippen molar-refractivity contribution in [1.29, 1.82) is 0 Å². The standard InChI is InChI=1S/C8H20N.C4H6O2/c1-5-9(6-2,7-3)8-4;1-3(2)4(5)6/h5-8H2,1-4H3;1H2,2H3,(H,5,6)/q+1;/p-1. The van der Waals surface area contributed by atoms with Crippen molar-refractivity contribution in [1.82, 2.24) is 0 Å². The molecule has 0 atom stereocenters. The molecule has 0 aromatic carbocycles. The smallest absolute Gasteiger partial charge is 0.0757 e. The summed E-state index contributed by atoms with van der Waals surface area (Å²) in [5, 5.41) is 9.49. The fourth-order valence-electron chi connectivity index (χ4n) is 1.34. The van der Waals surface area contributed by atoms with Crippen molar-refractivity contribution in [2.24, 2.45) is 0 Å². The number of nitrogens with zero attached hydrogens (tertiary/aromatic N) is 1. The lowest BCUT2D eigenvalue weighted by Crippen LogP contribution is -2.47. The Morgan fingerprint density at radius 3 is 1.27 bits per heavy atom. The van der Waals surface area contributed by atoms with E-state index in [4.69, 9.17) is 0 Å². The minimum Gasteiger partial charge on any atom is -0.545 e. The van der Waals surface area contributed by atoms with Gasteiger partial charge in [0, 0.05) is 0 Å². The highest BCUT2D eigenvalue weighted by Crippen LogP contribution is 2.03. The van der Waals surface area contributed by atoms with Crippen molar-refractivity contribution in [3.05, 3.63) is 12.2 Å². The van der Waals surface area contributed by atoms with Crippen LogP contribution >= 0.6 is 0 Å². The fraction of sp³-hybridized carbons (Fsp3) is 0.750. The van der Waals surface area contributed by atoms with Crippen LogP contribution in [0.3, 0.4) is 0 Å². The third kappa shape index (κ3) is 7.14.